The van der Waals surface area contributed by atoms with E-state index in [4.69, 9.17) is 9.15 Å². The molecule has 0 saturated heterocycles. The van der Waals surface area contributed by atoms with Gasteiger partial charge in [0.25, 0.3) is 0 Å². The van der Waals surface area contributed by atoms with E-state index in [-0.39, 0.29) is 17.1 Å². The lowest BCUT2D eigenvalue weighted by molar-refractivity contribution is 0.101. The van der Waals surface area contributed by atoms with Crippen molar-refractivity contribution in [2.75, 3.05) is 0 Å². The molecule has 0 radical (unpaired) electrons. The van der Waals surface area contributed by atoms with Gasteiger partial charge in [-0.15, -0.1) is 0 Å². The Morgan fingerprint density at radius 1 is 1.11 bits per heavy atom. The summed E-state index contributed by atoms with van der Waals surface area (Å²) >= 11 is 0. The van der Waals surface area contributed by atoms with Gasteiger partial charge in [-0.3, -0.25) is 4.79 Å². The van der Waals surface area contributed by atoms with Crippen LogP contribution in [0.4, 0.5) is 0 Å². The fourth-order valence-corrected chi connectivity index (χ4v) is 1.95. The highest BCUT2D eigenvalue weighted by Gasteiger charge is 2.31. The molecule has 0 spiro atoms. The maximum atomic E-state index is 12.1. The number of carbonyl (C=O) groups is 1. The Kier molecular flexibility index (Phi) is 2.56. The average Bonchev–Trinajstić information content (AvgIpc) is 2.67. The van der Waals surface area contributed by atoms with Gasteiger partial charge in [0, 0.05) is 6.07 Å². The summed E-state index contributed by atoms with van der Waals surface area (Å²) in [5.41, 5.74) is 0.143. The minimum Gasteiger partial charge on any atom is -0.452 e. The summed E-state index contributed by atoms with van der Waals surface area (Å²) in [6.07, 6.45) is 1.61. The molecule has 1 aliphatic rings. The van der Waals surface area contributed by atoms with Gasteiger partial charge < -0.3 is 9.15 Å². The minimum absolute atomic E-state index is 0.0345. The molecule has 3 rings (SSSR count). The van der Waals surface area contributed by atoms with Crippen molar-refractivity contribution in [3.63, 3.8) is 0 Å². The molecule has 1 aromatic heterocycles. The molecule has 0 N–H and O–H groups in total. The molecule has 4 nitrogen and oxygen atoms in total. The summed E-state index contributed by atoms with van der Waals surface area (Å²) in [6.45, 7) is 1.63. The Bertz CT molecular complexity index is 738. The first-order chi connectivity index (χ1) is 9.15. The molecule has 0 aliphatic carbocycles. The molecule has 1 aliphatic heterocycles. The van der Waals surface area contributed by atoms with E-state index >= 15 is 0 Å². The zero-order chi connectivity index (χ0) is 13.4. The molecule has 0 saturated carbocycles. The maximum Gasteiger partial charge on any atom is 0.351 e. The SMILES string of the molecule is Cc1cc2c(c(=O)o1)C(=O)/C(=C/c1ccccc1)O2. The number of rotatable bonds is 1. The lowest BCUT2D eigenvalue weighted by Crippen LogP contribution is -2.10. The van der Waals surface area contributed by atoms with Gasteiger partial charge in [0.1, 0.15) is 11.5 Å². The van der Waals surface area contributed by atoms with E-state index in [0.717, 1.165) is 5.56 Å². The largest absolute Gasteiger partial charge is 0.452 e. The molecule has 0 bridgehead atoms. The van der Waals surface area contributed by atoms with Gasteiger partial charge in [-0.2, -0.15) is 0 Å². The van der Waals surface area contributed by atoms with Crippen LogP contribution in [0, 0.1) is 6.92 Å². The second-order valence-electron chi connectivity index (χ2n) is 4.23. The molecule has 2 aromatic rings. The fraction of sp³-hybridized carbons (Fsp3) is 0.0667. The van der Waals surface area contributed by atoms with Crippen molar-refractivity contribution in [3.8, 4) is 5.75 Å². The van der Waals surface area contributed by atoms with Gasteiger partial charge in [0.15, 0.2) is 11.3 Å². The quantitative estimate of drug-likeness (QED) is 0.734. The highest BCUT2D eigenvalue weighted by Crippen LogP contribution is 2.29. The van der Waals surface area contributed by atoms with Gasteiger partial charge in [-0.1, -0.05) is 30.3 Å². The molecular formula is C15H10O4. The predicted octanol–water partition coefficient (Wildman–Crippen LogP) is 2.56. The maximum absolute atomic E-state index is 12.1. The zero-order valence-corrected chi connectivity index (χ0v) is 10.2. The van der Waals surface area contributed by atoms with Crippen LogP contribution in [-0.2, 0) is 0 Å². The normalized spacial score (nSPS) is 15.4. The van der Waals surface area contributed by atoms with E-state index in [0.29, 0.717) is 5.76 Å². The van der Waals surface area contributed by atoms with E-state index in [1.54, 1.807) is 19.1 Å². The van der Waals surface area contributed by atoms with Crippen molar-refractivity contribution in [1.29, 1.82) is 0 Å². The number of hydrogen-bond donors (Lipinski definition) is 0. The van der Waals surface area contributed by atoms with E-state index in [2.05, 4.69) is 0 Å². The fourth-order valence-electron chi connectivity index (χ4n) is 1.95. The average molecular weight is 254 g/mol. The smallest absolute Gasteiger partial charge is 0.351 e. The number of fused-ring (bicyclic) bond motifs is 1. The molecule has 2 heterocycles. The number of benzene rings is 1. The molecular weight excluding hydrogens is 244 g/mol. The second kappa shape index (κ2) is 4.24. The van der Waals surface area contributed by atoms with Crippen molar-refractivity contribution in [3.05, 3.63) is 69.5 Å². The summed E-state index contributed by atoms with van der Waals surface area (Å²) in [5, 5.41) is 0. The number of carbonyl (C=O) groups excluding carboxylic acids is 1. The van der Waals surface area contributed by atoms with Gasteiger partial charge in [0.05, 0.1) is 0 Å². The van der Waals surface area contributed by atoms with Gasteiger partial charge in [0.2, 0.25) is 5.78 Å². The van der Waals surface area contributed by atoms with Crippen LogP contribution in [-0.4, -0.2) is 5.78 Å². The first-order valence-electron chi connectivity index (χ1n) is 5.79. The van der Waals surface area contributed by atoms with Crippen molar-refractivity contribution in [1.82, 2.24) is 0 Å². The number of ether oxygens (including phenoxy) is 1. The number of ketones is 1. The van der Waals surface area contributed by atoms with Crippen LogP contribution in [0.5, 0.6) is 5.75 Å². The second-order valence-corrected chi connectivity index (χ2v) is 4.23. The molecule has 0 amide bonds. The Labute approximate surface area is 108 Å². The van der Waals surface area contributed by atoms with E-state index in [1.807, 2.05) is 30.3 Å². The number of Topliss-reactive ketones (excluding diaryl/α,β-unsaturated/α-hetero) is 1. The van der Waals surface area contributed by atoms with Crippen molar-refractivity contribution in [2.45, 2.75) is 6.92 Å². The minimum atomic E-state index is -0.656. The monoisotopic (exact) mass is 254 g/mol. The molecule has 19 heavy (non-hydrogen) atoms. The van der Waals surface area contributed by atoms with E-state index in [9.17, 15) is 9.59 Å². The van der Waals surface area contributed by atoms with Crippen molar-refractivity contribution < 1.29 is 13.9 Å². The van der Waals surface area contributed by atoms with Crippen LogP contribution < -0.4 is 10.4 Å². The third-order valence-electron chi connectivity index (χ3n) is 2.81. The Balaban J connectivity index is 2.07. The topological polar surface area (TPSA) is 56.5 Å². The number of aryl methyl sites for hydroxylation is 1. The third kappa shape index (κ3) is 1.97. The molecule has 0 unspecified atom stereocenters. The van der Waals surface area contributed by atoms with Crippen LogP contribution in [0.25, 0.3) is 6.08 Å². The first-order valence-corrected chi connectivity index (χ1v) is 5.79. The Morgan fingerprint density at radius 2 is 1.84 bits per heavy atom. The first kappa shape index (κ1) is 11.5. The summed E-state index contributed by atoms with van der Waals surface area (Å²) in [7, 11) is 0. The summed E-state index contributed by atoms with van der Waals surface area (Å²) in [5.74, 6) is 0.380. The molecule has 0 atom stereocenters. The van der Waals surface area contributed by atoms with Crippen LogP contribution in [0.15, 0.2) is 51.4 Å². The van der Waals surface area contributed by atoms with E-state index < -0.39 is 11.4 Å². The van der Waals surface area contributed by atoms with Gasteiger partial charge >= 0.3 is 5.63 Å². The summed E-state index contributed by atoms with van der Waals surface area (Å²) < 4.78 is 10.3. The molecule has 94 valence electrons. The van der Waals surface area contributed by atoms with Crippen LogP contribution in [0.1, 0.15) is 21.7 Å². The predicted molar refractivity (Wildman–Crippen MR) is 69.1 cm³/mol. The lowest BCUT2D eigenvalue weighted by Gasteiger charge is -1.98. The Morgan fingerprint density at radius 3 is 2.58 bits per heavy atom. The van der Waals surface area contributed by atoms with Crippen molar-refractivity contribution >= 4 is 11.9 Å². The number of hydrogen-bond acceptors (Lipinski definition) is 4. The lowest BCUT2D eigenvalue weighted by atomic mass is 10.1. The summed E-state index contributed by atoms with van der Waals surface area (Å²) in [6, 6.07) is 10.8. The zero-order valence-electron chi connectivity index (χ0n) is 10.2. The Hall–Kier alpha value is -2.62. The van der Waals surface area contributed by atoms with Crippen molar-refractivity contribution in [2.24, 2.45) is 0 Å². The summed E-state index contributed by atoms with van der Waals surface area (Å²) in [4.78, 5) is 23.7. The van der Waals surface area contributed by atoms with Crippen LogP contribution in [0.2, 0.25) is 0 Å². The van der Waals surface area contributed by atoms with Crippen LogP contribution in [0.3, 0.4) is 0 Å². The van der Waals surface area contributed by atoms with E-state index in [1.165, 1.54) is 0 Å². The highest BCUT2D eigenvalue weighted by molar-refractivity contribution is 6.14. The van der Waals surface area contributed by atoms with Gasteiger partial charge in [-0.05, 0) is 18.6 Å². The highest BCUT2D eigenvalue weighted by atomic mass is 16.5. The molecule has 4 heteroatoms. The number of allylic oxidation sites excluding steroid dienone is 1. The molecule has 0 fully saturated rings. The third-order valence-corrected chi connectivity index (χ3v) is 2.81. The molecule has 1 aromatic carbocycles. The van der Waals surface area contributed by atoms with Crippen LogP contribution >= 0.6 is 0 Å². The standard InChI is InChI=1S/C15H10O4/c1-9-7-11-13(15(17)18-9)14(16)12(19-11)8-10-5-3-2-4-6-10/h2-8H,1H3/b12-8-. The van der Waals surface area contributed by atoms with Gasteiger partial charge in [-0.25, -0.2) is 4.79 Å².